The number of ketones is 1. The van der Waals surface area contributed by atoms with E-state index in [1.54, 1.807) is 24.3 Å². The van der Waals surface area contributed by atoms with Gasteiger partial charge in [0.25, 0.3) is 0 Å². The highest BCUT2D eigenvalue weighted by Gasteiger charge is 2.10. The Bertz CT molecular complexity index is 242. The van der Waals surface area contributed by atoms with E-state index in [0.717, 1.165) is 0 Å². The van der Waals surface area contributed by atoms with Crippen LogP contribution in [0.4, 0.5) is 0 Å². The van der Waals surface area contributed by atoms with Crippen molar-refractivity contribution >= 4 is 5.78 Å². The van der Waals surface area contributed by atoms with Gasteiger partial charge in [-0.15, -0.1) is 0 Å². The molecule has 0 aliphatic rings. The van der Waals surface area contributed by atoms with Crippen LogP contribution in [0.5, 0.6) is 0 Å². The van der Waals surface area contributed by atoms with Crippen molar-refractivity contribution in [2.75, 3.05) is 0 Å². The summed E-state index contributed by atoms with van der Waals surface area (Å²) < 4.78 is 0. The average Bonchev–Trinajstić information content (AvgIpc) is 2.21. The summed E-state index contributed by atoms with van der Waals surface area (Å²) in [7, 11) is 0. The van der Waals surface area contributed by atoms with Crippen molar-refractivity contribution in [1.29, 1.82) is 0 Å². The Morgan fingerprint density at radius 2 is 1.69 bits per heavy atom. The molecule has 2 heteroatoms. The Hall–Kier alpha value is -1.15. The van der Waals surface area contributed by atoms with Crippen LogP contribution in [-0.4, -0.2) is 10.9 Å². The Morgan fingerprint density at radius 3 is 2.08 bits per heavy atom. The van der Waals surface area contributed by atoms with E-state index in [0.29, 0.717) is 5.56 Å². The van der Waals surface area contributed by atoms with Crippen molar-refractivity contribution in [1.82, 2.24) is 0 Å². The summed E-state index contributed by atoms with van der Waals surface area (Å²) in [4.78, 5) is 10.7. The minimum Gasteiger partial charge on any atom is -0.381 e. The summed E-state index contributed by atoms with van der Waals surface area (Å²) >= 11 is 0. The number of aliphatic hydroxyl groups is 1. The first-order chi connectivity index (χ1) is 6.22. The van der Waals surface area contributed by atoms with E-state index in [-0.39, 0.29) is 5.78 Å². The van der Waals surface area contributed by atoms with Crippen LogP contribution in [0, 0.1) is 0 Å². The van der Waals surface area contributed by atoms with Gasteiger partial charge in [0, 0.05) is 0 Å². The fraction of sp³-hybridized carbons (Fsp3) is 0.364. The van der Waals surface area contributed by atoms with Crippen molar-refractivity contribution in [2.45, 2.75) is 26.9 Å². The molecule has 0 heterocycles. The van der Waals surface area contributed by atoms with E-state index < -0.39 is 6.10 Å². The lowest BCUT2D eigenvalue weighted by Crippen LogP contribution is -2.06. The van der Waals surface area contributed by atoms with Crippen LogP contribution >= 0.6 is 0 Å². The minimum atomic E-state index is -0.962. The summed E-state index contributed by atoms with van der Waals surface area (Å²) in [6.45, 7) is 5.37. The van der Waals surface area contributed by atoms with E-state index in [2.05, 4.69) is 0 Å². The molecule has 1 aromatic rings. The van der Waals surface area contributed by atoms with Gasteiger partial charge in [-0.05, 0) is 12.5 Å². The predicted octanol–water partition coefficient (Wildman–Crippen LogP) is 2.34. The van der Waals surface area contributed by atoms with Gasteiger partial charge in [0.15, 0.2) is 5.78 Å². The maximum atomic E-state index is 10.7. The second-order valence-corrected chi connectivity index (χ2v) is 2.42. The van der Waals surface area contributed by atoms with Gasteiger partial charge in [0.1, 0.15) is 6.10 Å². The molecule has 0 aliphatic heterocycles. The summed E-state index contributed by atoms with van der Waals surface area (Å²) in [6.07, 6.45) is -0.962. The Morgan fingerprint density at radius 1 is 1.23 bits per heavy atom. The maximum absolute atomic E-state index is 10.7. The molecule has 1 atom stereocenters. The SMILES string of the molecule is CC.CC(=O)C(O)c1ccccc1. The van der Waals surface area contributed by atoms with Crippen LogP contribution in [0.25, 0.3) is 0 Å². The van der Waals surface area contributed by atoms with Gasteiger partial charge in [-0.3, -0.25) is 4.79 Å². The summed E-state index contributed by atoms with van der Waals surface area (Å²) in [6, 6.07) is 8.89. The second kappa shape index (κ2) is 6.38. The number of carbonyl (C=O) groups is 1. The zero-order valence-corrected chi connectivity index (χ0v) is 8.32. The smallest absolute Gasteiger partial charge is 0.162 e. The lowest BCUT2D eigenvalue weighted by molar-refractivity contribution is -0.125. The molecule has 1 rings (SSSR count). The molecule has 1 aromatic carbocycles. The zero-order valence-electron chi connectivity index (χ0n) is 8.32. The third-order valence-electron chi connectivity index (χ3n) is 1.50. The largest absolute Gasteiger partial charge is 0.381 e. The number of benzene rings is 1. The van der Waals surface area contributed by atoms with Gasteiger partial charge < -0.3 is 5.11 Å². The molecule has 0 bridgehead atoms. The highest BCUT2D eigenvalue weighted by molar-refractivity contribution is 5.81. The fourth-order valence-electron chi connectivity index (χ4n) is 0.870. The molecule has 0 aliphatic carbocycles. The van der Waals surface area contributed by atoms with Crippen LogP contribution in [0.15, 0.2) is 30.3 Å². The molecule has 1 N–H and O–H groups in total. The third-order valence-corrected chi connectivity index (χ3v) is 1.50. The first-order valence-corrected chi connectivity index (χ1v) is 4.45. The molecule has 1 unspecified atom stereocenters. The van der Waals surface area contributed by atoms with Crippen LogP contribution in [0.3, 0.4) is 0 Å². The second-order valence-electron chi connectivity index (χ2n) is 2.42. The Labute approximate surface area is 79.2 Å². The topological polar surface area (TPSA) is 37.3 Å². The van der Waals surface area contributed by atoms with Crippen molar-refractivity contribution < 1.29 is 9.90 Å². The summed E-state index contributed by atoms with van der Waals surface area (Å²) in [5.74, 6) is -0.226. The van der Waals surface area contributed by atoms with Crippen LogP contribution in [-0.2, 0) is 4.79 Å². The summed E-state index contributed by atoms with van der Waals surface area (Å²) in [5.41, 5.74) is 0.653. The van der Waals surface area contributed by atoms with Gasteiger partial charge in [-0.2, -0.15) is 0 Å². The van der Waals surface area contributed by atoms with Crippen molar-refractivity contribution in [3.8, 4) is 0 Å². The normalized spacial score (nSPS) is 11.1. The average molecular weight is 180 g/mol. The predicted molar refractivity (Wildman–Crippen MR) is 53.4 cm³/mol. The Balaban J connectivity index is 0.000000671. The molecular formula is C11H16O2. The van der Waals surface area contributed by atoms with E-state index >= 15 is 0 Å². The van der Waals surface area contributed by atoms with Gasteiger partial charge in [-0.1, -0.05) is 44.2 Å². The fourth-order valence-corrected chi connectivity index (χ4v) is 0.870. The Kier molecular flexibility index (Phi) is 5.81. The van der Waals surface area contributed by atoms with Crippen molar-refractivity contribution in [3.05, 3.63) is 35.9 Å². The van der Waals surface area contributed by atoms with Crippen molar-refractivity contribution in [2.24, 2.45) is 0 Å². The maximum Gasteiger partial charge on any atom is 0.162 e. The molecule has 0 saturated heterocycles. The summed E-state index contributed by atoms with van der Waals surface area (Å²) in [5, 5.41) is 9.25. The van der Waals surface area contributed by atoms with Gasteiger partial charge in [-0.25, -0.2) is 0 Å². The lowest BCUT2D eigenvalue weighted by Gasteiger charge is -2.04. The standard InChI is InChI=1S/C9H10O2.C2H6/c1-7(10)9(11)8-5-3-2-4-6-8;1-2/h2-6,9,11H,1H3;1-2H3. The number of aliphatic hydroxyl groups excluding tert-OH is 1. The van der Waals surface area contributed by atoms with E-state index in [1.165, 1.54) is 6.92 Å². The van der Waals surface area contributed by atoms with Gasteiger partial charge >= 0.3 is 0 Å². The molecule has 0 aromatic heterocycles. The molecule has 13 heavy (non-hydrogen) atoms. The quantitative estimate of drug-likeness (QED) is 0.758. The molecule has 0 radical (unpaired) electrons. The molecule has 72 valence electrons. The third kappa shape index (κ3) is 3.85. The van der Waals surface area contributed by atoms with Gasteiger partial charge in [0.05, 0.1) is 0 Å². The number of Topliss-reactive ketones (excluding diaryl/α,β-unsaturated/α-hetero) is 1. The molecule has 0 fully saturated rings. The van der Waals surface area contributed by atoms with E-state index in [9.17, 15) is 9.90 Å². The number of carbonyl (C=O) groups excluding carboxylic acids is 1. The highest BCUT2D eigenvalue weighted by atomic mass is 16.3. The molecule has 0 saturated carbocycles. The van der Waals surface area contributed by atoms with Gasteiger partial charge in [0.2, 0.25) is 0 Å². The molecular weight excluding hydrogens is 164 g/mol. The lowest BCUT2D eigenvalue weighted by atomic mass is 10.1. The number of rotatable bonds is 2. The first-order valence-electron chi connectivity index (χ1n) is 4.45. The molecule has 0 spiro atoms. The number of hydrogen-bond acceptors (Lipinski definition) is 2. The van der Waals surface area contributed by atoms with E-state index in [1.807, 2.05) is 19.9 Å². The highest BCUT2D eigenvalue weighted by Crippen LogP contribution is 2.11. The number of hydrogen-bond donors (Lipinski definition) is 1. The molecule has 0 amide bonds. The van der Waals surface area contributed by atoms with E-state index in [4.69, 9.17) is 0 Å². The van der Waals surface area contributed by atoms with Crippen molar-refractivity contribution in [3.63, 3.8) is 0 Å². The first kappa shape index (κ1) is 11.8. The minimum absolute atomic E-state index is 0.226. The zero-order chi connectivity index (χ0) is 10.3. The van der Waals surface area contributed by atoms with Crippen LogP contribution in [0.1, 0.15) is 32.4 Å². The van der Waals surface area contributed by atoms with Crippen LogP contribution in [0.2, 0.25) is 0 Å². The monoisotopic (exact) mass is 180 g/mol. The molecule has 2 nitrogen and oxygen atoms in total. The van der Waals surface area contributed by atoms with Crippen LogP contribution < -0.4 is 0 Å².